The summed E-state index contributed by atoms with van der Waals surface area (Å²) in [6.45, 7) is 4.25. The van der Waals surface area contributed by atoms with Crippen molar-refractivity contribution in [2.45, 2.75) is 19.6 Å². The van der Waals surface area contributed by atoms with Crippen LogP contribution < -0.4 is 15.1 Å². The summed E-state index contributed by atoms with van der Waals surface area (Å²) in [4.78, 5) is 45.3. The predicted octanol–water partition coefficient (Wildman–Crippen LogP) is 3.68. The molecule has 3 aromatic rings. The van der Waals surface area contributed by atoms with Crippen LogP contribution in [0.25, 0.3) is 11.1 Å². The summed E-state index contributed by atoms with van der Waals surface area (Å²) in [6, 6.07) is 16.7. The molecule has 2 aliphatic heterocycles. The summed E-state index contributed by atoms with van der Waals surface area (Å²) in [5.41, 5.74) is 7.61. The molecule has 0 spiro atoms. The number of primary amides is 1. The van der Waals surface area contributed by atoms with Gasteiger partial charge in [-0.05, 0) is 30.7 Å². The van der Waals surface area contributed by atoms with Gasteiger partial charge in [-0.2, -0.15) is 9.28 Å². The number of rotatable bonds is 7. The molecule has 3 amide bonds. The largest absolute Gasteiger partial charge is 0.522 e. The van der Waals surface area contributed by atoms with Crippen molar-refractivity contribution in [3.8, 4) is 11.1 Å². The number of quaternary nitrogens is 1. The minimum absolute atomic E-state index is 0.119. The van der Waals surface area contributed by atoms with E-state index in [1.165, 1.54) is 13.0 Å². The van der Waals surface area contributed by atoms with Crippen LogP contribution in [0.15, 0.2) is 66.9 Å². The Bertz CT molecular complexity index is 1400. The summed E-state index contributed by atoms with van der Waals surface area (Å²) in [5, 5.41) is 0. The van der Waals surface area contributed by atoms with Gasteiger partial charge in [0.1, 0.15) is 37.1 Å². The van der Waals surface area contributed by atoms with E-state index in [9.17, 15) is 14.4 Å². The summed E-state index contributed by atoms with van der Waals surface area (Å²) in [5.74, 6) is -0.505. The van der Waals surface area contributed by atoms with Crippen molar-refractivity contribution in [2.75, 3.05) is 44.2 Å². The molecule has 11 heteroatoms. The normalized spacial score (nSPS) is 19.7. The highest BCUT2D eigenvalue weighted by atomic mass is 19.1. The van der Waals surface area contributed by atoms with Crippen LogP contribution in [-0.2, 0) is 20.9 Å². The van der Waals surface area contributed by atoms with Gasteiger partial charge in [0.15, 0.2) is 6.04 Å². The number of hydrogen-bond acceptors (Lipinski definition) is 7. The Labute approximate surface area is 231 Å². The number of piperazine rings is 1. The van der Waals surface area contributed by atoms with Gasteiger partial charge in [-0.3, -0.25) is 4.79 Å². The molecular weight excluding hydrogens is 517 g/mol. The van der Waals surface area contributed by atoms with E-state index in [0.717, 1.165) is 11.4 Å². The number of pyridine rings is 1. The summed E-state index contributed by atoms with van der Waals surface area (Å²) in [7, 11) is 0. The van der Waals surface area contributed by atoms with Gasteiger partial charge in [0.25, 0.3) is 5.91 Å². The second-order valence-corrected chi connectivity index (χ2v) is 9.87. The first-order chi connectivity index (χ1) is 19.3. The van der Waals surface area contributed by atoms with Crippen LogP contribution in [0, 0.1) is 5.82 Å². The molecule has 2 unspecified atom stereocenters. The Kier molecular flexibility index (Phi) is 7.65. The van der Waals surface area contributed by atoms with Crippen LogP contribution in [0.3, 0.4) is 0 Å². The molecule has 3 heterocycles. The van der Waals surface area contributed by atoms with Crippen molar-refractivity contribution >= 4 is 29.6 Å². The Morgan fingerprint density at radius 1 is 1.10 bits per heavy atom. The first-order valence-electron chi connectivity index (χ1n) is 13.1. The molecule has 40 heavy (non-hydrogen) atoms. The average Bonchev–Trinajstić information content (AvgIpc) is 3.38. The van der Waals surface area contributed by atoms with E-state index < -0.39 is 28.3 Å². The highest BCUT2D eigenvalue weighted by Crippen LogP contribution is 2.35. The smallest absolute Gasteiger partial charge is 0.445 e. The second-order valence-electron chi connectivity index (χ2n) is 9.87. The van der Waals surface area contributed by atoms with Crippen LogP contribution in [0.1, 0.15) is 12.5 Å². The van der Waals surface area contributed by atoms with E-state index in [4.69, 9.17) is 15.2 Å². The zero-order valence-corrected chi connectivity index (χ0v) is 22.2. The van der Waals surface area contributed by atoms with E-state index in [2.05, 4.69) is 9.88 Å². The van der Waals surface area contributed by atoms with Gasteiger partial charge < -0.3 is 25.0 Å². The number of aromatic nitrogens is 1. The molecule has 10 nitrogen and oxygen atoms in total. The zero-order chi connectivity index (χ0) is 28.3. The van der Waals surface area contributed by atoms with Crippen molar-refractivity contribution in [1.82, 2.24) is 14.4 Å². The maximum absolute atomic E-state index is 15.3. The van der Waals surface area contributed by atoms with Gasteiger partial charge in [-0.15, -0.1) is 0 Å². The average molecular weight is 549 g/mol. The molecule has 5 rings (SSSR count). The van der Waals surface area contributed by atoms with Crippen LogP contribution in [0.4, 0.5) is 25.5 Å². The number of benzene rings is 2. The van der Waals surface area contributed by atoms with Crippen LogP contribution in [0.2, 0.25) is 0 Å². The lowest BCUT2D eigenvalue weighted by Gasteiger charge is -2.34. The predicted molar refractivity (Wildman–Crippen MR) is 147 cm³/mol. The number of halogens is 1. The Morgan fingerprint density at radius 2 is 1.85 bits per heavy atom. The molecule has 2 N–H and O–H groups in total. The number of carbonyl (C=O) groups is 3. The van der Waals surface area contributed by atoms with Crippen molar-refractivity contribution in [1.29, 1.82) is 0 Å². The van der Waals surface area contributed by atoms with Crippen LogP contribution >= 0.6 is 0 Å². The van der Waals surface area contributed by atoms with Gasteiger partial charge in [-0.25, -0.2) is 14.2 Å². The van der Waals surface area contributed by atoms with Crippen molar-refractivity contribution in [2.24, 2.45) is 5.73 Å². The highest BCUT2D eigenvalue weighted by molar-refractivity contribution is 5.93. The molecule has 208 valence electrons. The fourth-order valence-electron chi connectivity index (χ4n) is 5.16. The number of anilines is 1. The van der Waals surface area contributed by atoms with Gasteiger partial charge in [0, 0.05) is 55.6 Å². The van der Waals surface area contributed by atoms with Gasteiger partial charge in [0.05, 0.1) is 0 Å². The van der Waals surface area contributed by atoms with Crippen molar-refractivity contribution in [3.63, 3.8) is 0 Å². The lowest BCUT2D eigenvalue weighted by molar-refractivity contribution is -0.121. The molecular formula is C29H31FN5O5+. The Hall–Kier alpha value is -4.51. The quantitative estimate of drug-likeness (QED) is 0.448. The summed E-state index contributed by atoms with van der Waals surface area (Å²) < 4.78 is 25.4. The first-order valence-corrected chi connectivity index (χ1v) is 13.1. The fraction of sp³-hybridized carbons (Fsp3) is 0.310. The van der Waals surface area contributed by atoms with Crippen molar-refractivity contribution in [3.05, 3.63) is 78.2 Å². The van der Waals surface area contributed by atoms with E-state index in [1.807, 2.05) is 36.4 Å². The Balaban J connectivity index is 1.23. The molecule has 0 bridgehead atoms. The molecule has 1 aromatic heterocycles. The second kappa shape index (κ2) is 11.3. The third-order valence-corrected chi connectivity index (χ3v) is 7.61. The van der Waals surface area contributed by atoms with Gasteiger partial charge in [0.2, 0.25) is 0 Å². The molecule has 0 saturated carbocycles. The summed E-state index contributed by atoms with van der Waals surface area (Å²) in [6.07, 6.45) is 0.616. The molecule has 2 saturated heterocycles. The minimum Gasteiger partial charge on any atom is -0.445 e. The number of nitrogens with zero attached hydrogens (tertiary/aromatic N) is 4. The highest BCUT2D eigenvalue weighted by Gasteiger charge is 2.53. The van der Waals surface area contributed by atoms with Crippen LogP contribution in [-0.4, -0.2) is 73.4 Å². The van der Waals surface area contributed by atoms with E-state index in [1.54, 1.807) is 29.3 Å². The van der Waals surface area contributed by atoms with Crippen molar-refractivity contribution < 1.29 is 28.2 Å². The first kappa shape index (κ1) is 27.1. The number of nitrogens with two attached hydrogens (primary N) is 1. The number of ether oxygens (including phenoxy) is 2. The summed E-state index contributed by atoms with van der Waals surface area (Å²) >= 11 is 0. The topological polar surface area (TPSA) is 115 Å². The Morgan fingerprint density at radius 3 is 2.45 bits per heavy atom. The van der Waals surface area contributed by atoms with Crippen LogP contribution in [0.5, 0.6) is 0 Å². The minimum atomic E-state index is -0.910. The molecule has 2 fully saturated rings. The van der Waals surface area contributed by atoms with E-state index in [0.29, 0.717) is 43.0 Å². The van der Waals surface area contributed by atoms with Gasteiger partial charge >= 0.3 is 12.2 Å². The molecule has 2 aliphatic rings. The van der Waals surface area contributed by atoms with Gasteiger partial charge in [-0.1, -0.05) is 30.3 Å². The maximum atomic E-state index is 15.3. The number of hydrogen-bond donors (Lipinski definition) is 1. The molecule has 0 aliphatic carbocycles. The SMILES string of the molecule is CC(C(N)=O)[N+]1(c2ccc(-c3ccc(N4CCN(C(=O)OCc5ccccc5)CC4)nc3)c(F)c2)CCOC1=O. The molecule has 0 radical (unpaired) electrons. The zero-order valence-electron chi connectivity index (χ0n) is 22.2. The van der Waals surface area contributed by atoms with E-state index in [-0.39, 0.29) is 25.9 Å². The maximum Gasteiger partial charge on any atom is 0.522 e. The lowest BCUT2D eigenvalue weighted by Crippen LogP contribution is -2.61. The van der Waals surface area contributed by atoms with E-state index >= 15 is 4.39 Å². The monoisotopic (exact) mass is 548 g/mol. The number of carbonyl (C=O) groups excluding carboxylic acids is 3. The number of cyclic esters (lactones) is 1. The standard InChI is InChI=1S/C29H30FN5O5/c1-20(27(31)36)35(15-16-39-29(35)38)23-8-9-24(25(30)17-23)22-7-10-26(32-18-22)33-11-13-34(14-12-33)28(37)40-19-21-5-3-2-4-6-21/h2-10,17-18,20H,11-16,19H2,1H3,(H-,31,36)/p+1. The fourth-order valence-corrected chi connectivity index (χ4v) is 5.16. The molecule has 2 aromatic carbocycles. The number of amides is 3. The lowest BCUT2D eigenvalue weighted by atomic mass is 10.0. The third kappa shape index (κ3) is 5.20. The third-order valence-electron chi connectivity index (χ3n) is 7.61. The molecule has 2 atom stereocenters.